The first-order valence-corrected chi connectivity index (χ1v) is 15.1. The van der Waals surface area contributed by atoms with Crippen molar-refractivity contribution in [2.45, 2.75) is 75.8 Å². The predicted molar refractivity (Wildman–Crippen MR) is 153 cm³/mol. The number of hydrogen-bond acceptors (Lipinski definition) is 9. The smallest absolute Gasteiger partial charge is 0.416 e. The first-order chi connectivity index (χ1) is 19.7. The molecule has 1 aromatic heterocycles. The lowest BCUT2D eigenvalue weighted by Crippen LogP contribution is -2.29. The number of rotatable bonds is 18. The van der Waals surface area contributed by atoms with Crippen molar-refractivity contribution in [1.29, 1.82) is 0 Å². The molecule has 0 bridgehead atoms. The molecule has 1 aliphatic rings. The maximum absolute atomic E-state index is 13.0. The summed E-state index contributed by atoms with van der Waals surface area (Å²) in [6.45, 7) is 2.87. The van der Waals surface area contributed by atoms with E-state index in [1.807, 2.05) is 0 Å². The molecule has 2 aromatic rings. The van der Waals surface area contributed by atoms with E-state index in [0.29, 0.717) is 18.7 Å². The van der Waals surface area contributed by atoms with E-state index < -0.39 is 23.7 Å². The number of halogens is 3. The Morgan fingerprint density at radius 2 is 1.73 bits per heavy atom. The number of benzene rings is 1. The standard InChI is InChI=1S/C28H40F3N5O4S/c29-28(30,31)22-11-6-5-10-21(22)18-34-16-8-2-1-7-14-33-15-9-3-4-12-25(37)39-19-26-40-24(20-41-26)36-17-13-23(32)35-27(36)38/h5-6,10-11,13,17,24,26,33-34H,1-4,7-9,12,14-16,18-20H2,(H2,32,35,38). The van der Waals surface area contributed by atoms with Gasteiger partial charge in [0.1, 0.15) is 24.1 Å². The first kappa shape index (κ1) is 32.9. The molecule has 41 heavy (non-hydrogen) atoms. The van der Waals surface area contributed by atoms with Gasteiger partial charge in [0.15, 0.2) is 0 Å². The van der Waals surface area contributed by atoms with E-state index in [1.165, 1.54) is 34.5 Å². The molecule has 4 N–H and O–H groups in total. The Labute approximate surface area is 242 Å². The number of hydrogen-bond donors (Lipinski definition) is 3. The van der Waals surface area contributed by atoms with Crippen LogP contribution in [-0.4, -0.2) is 53.0 Å². The summed E-state index contributed by atoms with van der Waals surface area (Å²) >= 11 is 1.48. The Bertz CT molecular complexity index is 1130. The van der Waals surface area contributed by atoms with Crippen molar-refractivity contribution >= 4 is 23.5 Å². The van der Waals surface area contributed by atoms with E-state index in [2.05, 4.69) is 15.6 Å². The Kier molecular flexibility index (Phi) is 13.9. The summed E-state index contributed by atoms with van der Waals surface area (Å²) < 4.78 is 51.6. The Morgan fingerprint density at radius 1 is 1.05 bits per heavy atom. The average molecular weight is 600 g/mol. The van der Waals surface area contributed by atoms with E-state index in [9.17, 15) is 22.8 Å². The van der Waals surface area contributed by atoms with Crippen LogP contribution < -0.4 is 22.1 Å². The Balaban J connectivity index is 1.10. The molecule has 2 atom stereocenters. The molecule has 1 aromatic carbocycles. The van der Waals surface area contributed by atoms with Gasteiger partial charge in [0.25, 0.3) is 0 Å². The molecule has 228 valence electrons. The minimum atomic E-state index is -4.32. The first-order valence-electron chi connectivity index (χ1n) is 14.1. The van der Waals surface area contributed by atoms with Crippen LogP contribution in [0.4, 0.5) is 19.0 Å². The maximum Gasteiger partial charge on any atom is 0.416 e. The summed E-state index contributed by atoms with van der Waals surface area (Å²) in [6.07, 6.45) is 3.86. The molecule has 1 saturated heterocycles. The molecular weight excluding hydrogens is 559 g/mol. The zero-order valence-electron chi connectivity index (χ0n) is 23.2. The SMILES string of the molecule is Nc1ccn(C2CSC(COC(=O)CCCCCNCCCCCCNCc3ccccc3C(F)(F)F)O2)c(=O)n1. The van der Waals surface area contributed by atoms with Crippen molar-refractivity contribution in [3.8, 4) is 0 Å². The molecule has 0 saturated carbocycles. The molecule has 0 spiro atoms. The van der Waals surface area contributed by atoms with Crippen molar-refractivity contribution in [2.75, 3.05) is 37.7 Å². The van der Waals surface area contributed by atoms with Gasteiger partial charge in [-0.3, -0.25) is 9.36 Å². The van der Waals surface area contributed by atoms with Gasteiger partial charge in [-0.2, -0.15) is 18.2 Å². The largest absolute Gasteiger partial charge is 0.462 e. The fourth-order valence-electron chi connectivity index (χ4n) is 4.40. The summed E-state index contributed by atoms with van der Waals surface area (Å²) in [4.78, 5) is 27.7. The highest BCUT2D eigenvalue weighted by Crippen LogP contribution is 2.32. The third-order valence-corrected chi connectivity index (χ3v) is 7.70. The van der Waals surface area contributed by atoms with Gasteiger partial charge in [-0.05, 0) is 63.0 Å². The van der Waals surface area contributed by atoms with Crippen LogP contribution in [0.2, 0.25) is 0 Å². The van der Waals surface area contributed by atoms with Crippen molar-refractivity contribution in [2.24, 2.45) is 0 Å². The molecule has 3 rings (SSSR count). The molecule has 0 amide bonds. The molecular formula is C28H40F3N5O4S. The predicted octanol–water partition coefficient (Wildman–Crippen LogP) is 4.48. The molecule has 13 heteroatoms. The Hall–Kier alpha value is -2.61. The Morgan fingerprint density at radius 3 is 2.44 bits per heavy atom. The van der Waals surface area contributed by atoms with Crippen LogP contribution in [0.5, 0.6) is 0 Å². The fourth-order valence-corrected chi connectivity index (χ4v) is 5.39. The van der Waals surface area contributed by atoms with Crippen molar-refractivity contribution in [3.05, 3.63) is 58.1 Å². The average Bonchev–Trinajstić information content (AvgIpc) is 3.40. The molecule has 2 heterocycles. The molecule has 0 aliphatic carbocycles. The van der Waals surface area contributed by atoms with Gasteiger partial charge in [-0.1, -0.05) is 37.5 Å². The quantitative estimate of drug-likeness (QED) is 0.168. The van der Waals surface area contributed by atoms with E-state index >= 15 is 0 Å². The molecule has 2 unspecified atom stereocenters. The number of anilines is 1. The van der Waals surface area contributed by atoms with E-state index in [4.69, 9.17) is 15.2 Å². The monoisotopic (exact) mass is 599 g/mol. The maximum atomic E-state index is 13.0. The highest BCUT2D eigenvalue weighted by molar-refractivity contribution is 8.00. The number of nitrogen functional groups attached to an aromatic ring is 1. The lowest BCUT2D eigenvalue weighted by molar-refractivity contribution is -0.147. The highest BCUT2D eigenvalue weighted by atomic mass is 32.2. The number of aromatic nitrogens is 2. The molecule has 9 nitrogen and oxygen atoms in total. The number of carbonyl (C=O) groups is 1. The third kappa shape index (κ3) is 12.0. The van der Waals surface area contributed by atoms with E-state index in [0.717, 1.165) is 64.1 Å². The van der Waals surface area contributed by atoms with E-state index in [1.54, 1.807) is 12.3 Å². The topological polar surface area (TPSA) is 121 Å². The molecule has 1 aliphatic heterocycles. The van der Waals surface area contributed by atoms with Crippen molar-refractivity contribution < 1.29 is 27.4 Å². The second kappa shape index (κ2) is 17.4. The van der Waals surface area contributed by atoms with Gasteiger partial charge in [-0.15, -0.1) is 11.8 Å². The van der Waals surface area contributed by atoms with Gasteiger partial charge >= 0.3 is 17.8 Å². The summed E-state index contributed by atoms with van der Waals surface area (Å²) in [6, 6.07) is 7.22. The van der Waals surface area contributed by atoms with Crippen LogP contribution >= 0.6 is 11.8 Å². The fraction of sp³-hybridized carbons (Fsp3) is 0.607. The summed E-state index contributed by atoms with van der Waals surface area (Å²) in [5.74, 6) is 0.463. The van der Waals surface area contributed by atoms with Crippen LogP contribution in [-0.2, 0) is 27.0 Å². The number of carbonyl (C=O) groups excluding carboxylic acids is 1. The van der Waals surface area contributed by atoms with Crippen LogP contribution in [0, 0.1) is 0 Å². The number of nitrogens with two attached hydrogens (primary N) is 1. The van der Waals surface area contributed by atoms with Gasteiger partial charge in [-0.25, -0.2) is 4.79 Å². The van der Waals surface area contributed by atoms with Gasteiger partial charge < -0.3 is 25.8 Å². The number of nitrogens with zero attached hydrogens (tertiary/aromatic N) is 2. The lowest BCUT2D eigenvalue weighted by atomic mass is 10.1. The van der Waals surface area contributed by atoms with Crippen molar-refractivity contribution in [3.63, 3.8) is 0 Å². The highest BCUT2D eigenvalue weighted by Gasteiger charge is 2.32. The molecule has 0 radical (unpaired) electrons. The lowest BCUT2D eigenvalue weighted by Gasteiger charge is -2.14. The minimum Gasteiger partial charge on any atom is -0.462 e. The van der Waals surface area contributed by atoms with E-state index in [-0.39, 0.29) is 35.9 Å². The van der Waals surface area contributed by atoms with Gasteiger partial charge in [0.2, 0.25) is 0 Å². The minimum absolute atomic E-state index is 0.140. The second-order valence-electron chi connectivity index (χ2n) is 9.89. The van der Waals surface area contributed by atoms with Gasteiger partial charge in [0.05, 0.1) is 5.56 Å². The van der Waals surface area contributed by atoms with Crippen molar-refractivity contribution in [1.82, 2.24) is 20.2 Å². The summed E-state index contributed by atoms with van der Waals surface area (Å²) in [5, 5.41) is 6.52. The van der Waals surface area contributed by atoms with Crippen LogP contribution in [0.25, 0.3) is 0 Å². The number of thioether (sulfide) groups is 1. The van der Waals surface area contributed by atoms with Crippen LogP contribution in [0.15, 0.2) is 41.3 Å². The van der Waals surface area contributed by atoms with Crippen LogP contribution in [0.1, 0.15) is 68.7 Å². The van der Waals surface area contributed by atoms with Gasteiger partial charge in [0, 0.05) is 24.9 Å². The number of unbranched alkanes of at least 4 members (excludes halogenated alkanes) is 5. The number of esters is 1. The summed E-state index contributed by atoms with van der Waals surface area (Å²) in [5.41, 5.74) is 4.42. The normalized spacial score (nSPS) is 17.1. The van der Waals surface area contributed by atoms with Crippen LogP contribution in [0.3, 0.4) is 0 Å². The second-order valence-corrected chi connectivity index (χ2v) is 11.1. The number of nitrogens with one attached hydrogen (secondary N) is 2. The molecule has 1 fully saturated rings. The third-order valence-electron chi connectivity index (χ3n) is 6.61. The number of alkyl halides is 3. The number of ether oxygens (including phenoxy) is 2. The zero-order chi connectivity index (χ0) is 29.5. The summed E-state index contributed by atoms with van der Waals surface area (Å²) in [7, 11) is 0. The zero-order valence-corrected chi connectivity index (χ0v) is 24.0.